The molecular formula is C28H35N3O4. The van der Waals surface area contributed by atoms with Gasteiger partial charge in [-0.3, -0.25) is 14.0 Å². The Balaban J connectivity index is 1.52. The molecule has 1 aromatic carbocycles. The number of Topliss-reactive ketones (excluding diaryl/α,β-unsaturated/α-hetero) is 1. The number of hydrogen-bond acceptors (Lipinski definition) is 6. The van der Waals surface area contributed by atoms with E-state index in [9.17, 15) is 9.59 Å². The summed E-state index contributed by atoms with van der Waals surface area (Å²) in [7, 11) is 0. The normalized spacial score (nSPS) is 15.7. The smallest absolute Gasteiger partial charge is 0.309 e. The zero-order valence-corrected chi connectivity index (χ0v) is 20.9. The highest BCUT2D eigenvalue weighted by molar-refractivity contribution is 5.97. The number of carbonyl (C=O) groups is 2. The van der Waals surface area contributed by atoms with Crippen LogP contribution in [0.25, 0.3) is 5.65 Å². The van der Waals surface area contributed by atoms with Gasteiger partial charge in [-0.05, 0) is 64.4 Å². The molecule has 4 rings (SSSR count). The highest BCUT2D eigenvalue weighted by Crippen LogP contribution is 2.29. The first-order chi connectivity index (χ1) is 17.0. The van der Waals surface area contributed by atoms with Gasteiger partial charge in [-0.1, -0.05) is 30.3 Å². The van der Waals surface area contributed by atoms with Crippen LogP contribution in [0.2, 0.25) is 0 Å². The Morgan fingerprint density at radius 2 is 1.80 bits per heavy atom. The second kappa shape index (κ2) is 11.5. The molecule has 7 heteroatoms. The number of imidazole rings is 1. The van der Waals surface area contributed by atoms with Gasteiger partial charge in [0.1, 0.15) is 5.69 Å². The highest BCUT2D eigenvalue weighted by Gasteiger charge is 2.29. The third kappa shape index (κ3) is 5.73. The van der Waals surface area contributed by atoms with E-state index in [1.807, 2.05) is 61.7 Å². The van der Waals surface area contributed by atoms with Crippen molar-refractivity contribution >= 4 is 17.4 Å². The fourth-order valence-electron chi connectivity index (χ4n) is 5.02. The number of ketones is 1. The van der Waals surface area contributed by atoms with Crippen molar-refractivity contribution < 1.29 is 19.1 Å². The van der Waals surface area contributed by atoms with Gasteiger partial charge in [-0.25, -0.2) is 4.98 Å². The number of carbonyl (C=O) groups excluding carboxylic acids is 2. The molecule has 0 saturated carbocycles. The van der Waals surface area contributed by atoms with E-state index < -0.39 is 0 Å². The van der Waals surface area contributed by atoms with E-state index in [0.717, 1.165) is 38.0 Å². The Bertz CT molecular complexity index is 1150. The van der Waals surface area contributed by atoms with Gasteiger partial charge in [-0.2, -0.15) is 0 Å². The number of piperidine rings is 1. The minimum atomic E-state index is -0.0866. The first-order valence-corrected chi connectivity index (χ1v) is 12.6. The van der Waals surface area contributed by atoms with Gasteiger partial charge >= 0.3 is 5.97 Å². The number of benzene rings is 1. The number of aromatic nitrogens is 2. The fraction of sp³-hybridized carbons (Fsp3) is 0.464. The van der Waals surface area contributed by atoms with Crippen LogP contribution in [0.15, 0.2) is 48.7 Å². The number of rotatable bonds is 10. The lowest BCUT2D eigenvalue weighted by atomic mass is 9.90. The molecule has 35 heavy (non-hydrogen) atoms. The molecule has 7 nitrogen and oxygen atoms in total. The van der Waals surface area contributed by atoms with Crippen molar-refractivity contribution in [1.29, 1.82) is 0 Å². The zero-order valence-electron chi connectivity index (χ0n) is 20.9. The third-order valence-electron chi connectivity index (χ3n) is 6.74. The van der Waals surface area contributed by atoms with Crippen molar-refractivity contribution in [2.75, 3.05) is 32.8 Å². The van der Waals surface area contributed by atoms with E-state index >= 15 is 0 Å². The molecule has 1 fully saturated rings. The summed E-state index contributed by atoms with van der Waals surface area (Å²) in [4.78, 5) is 32.8. The maximum Gasteiger partial charge on any atom is 0.309 e. The van der Waals surface area contributed by atoms with Gasteiger partial charge in [0.15, 0.2) is 17.2 Å². The van der Waals surface area contributed by atoms with Crippen molar-refractivity contribution in [3.8, 4) is 5.75 Å². The molecule has 0 radical (unpaired) electrons. The summed E-state index contributed by atoms with van der Waals surface area (Å²) < 4.78 is 12.8. The lowest BCUT2D eigenvalue weighted by molar-refractivity contribution is -0.149. The van der Waals surface area contributed by atoms with Crippen molar-refractivity contribution in [2.45, 2.75) is 46.0 Å². The van der Waals surface area contributed by atoms with Crippen LogP contribution in [-0.4, -0.2) is 58.9 Å². The van der Waals surface area contributed by atoms with E-state index in [1.165, 1.54) is 0 Å². The summed E-state index contributed by atoms with van der Waals surface area (Å²) in [5.41, 5.74) is 3.15. The SMILES string of the molecule is CCOC(=O)C1CCN(C[C@H](CC(=O)c2c(C)nc3c(OCC)cccn23)c2ccccc2)CC1. The van der Waals surface area contributed by atoms with Gasteiger partial charge < -0.3 is 14.4 Å². The molecule has 1 atom stereocenters. The van der Waals surface area contributed by atoms with Crippen LogP contribution in [0.1, 0.15) is 60.8 Å². The van der Waals surface area contributed by atoms with E-state index in [1.54, 1.807) is 0 Å². The molecular weight excluding hydrogens is 442 g/mol. The maximum absolute atomic E-state index is 13.7. The van der Waals surface area contributed by atoms with Gasteiger partial charge in [0.05, 0.1) is 24.8 Å². The average Bonchev–Trinajstić information content (AvgIpc) is 3.22. The number of likely N-dealkylation sites (tertiary alicyclic amines) is 1. The molecule has 2 aromatic heterocycles. The molecule has 1 aliphatic heterocycles. The van der Waals surface area contributed by atoms with Crippen LogP contribution >= 0.6 is 0 Å². The Morgan fingerprint density at radius 3 is 2.49 bits per heavy atom. The number of nitrogens with zero attached hydrogens (tertiary/aromatic N) is 3. The summed E-state index contributed by atoms with van der Waals surface area (Å²) in [6, 6.07) is 14.0. The molecule has 3 aromatic rings. The Labute approximate surface area is 207 Å². The third-order valence-corrected chi connectivity index (χ3v) is 6.74. The van der Waals surface area contributed by atoms with Gasteiger partial charge in [0.25, 0.3) is 0 Å². The molecule has 0 unspecified atom stereocenters. The van der Waals surface area contributed by atoms with E-state index in [2.05, 4.69) is 22.0 Å². The standard InChI is InChI=1S/C28H35N3O4/c1-4-34-25-12-9-15-31-26(20(3)29-27(25)31)24(32)18-23(21-10-7-6-8-11-21)19-30-16-13-22(14-17-30)28(33)35-5-2/h6-12,15,22-23H,4-5,13-14,16-19H2,1-3H3/t23-/m0/s1. The molecule has 3 heterocycles. The molecule has 186 valence electrons. The fourth-order valence-corrected chi connectivity index (χ4v) is 5.02. The van der Waals surface area contributed by atoms with Crippen LogP contribution in [0.5, 0.6) is 5.75 Å². The number of pyridine rings is 1. The van der Waals surface area contributed by atoms with Crippen LogP contribution in [0.4, 0.5) is 0 Å². The summed E-state index contributed by atoms with van der Waals surface area (Å²) in [5.74, 6) is 0.683. The minimum absolute atomic E-state index is 0.0247. The molecule has 0 N–H and O–H groups in total. The van der Waals surface area contributed by atoms with Crippen molar-refractivity contribution in [1.82, 2.24) is 14.3 Å². The van der Waals surface area contributed by atoms with Crippen LogP contribution < -0.4 is 4.74 Å². The van der Waals surface area contributed by atoms with Gasteiger partial charge in [0.2, 0.25) is 0 Å². The van der Waals surface area contributed by atoms with Gasteiger partial charge in [-0.15, -0.1) is 0 Å². The Morgan fingerprint density at radius 1 is 1.06 bits per heavy atom. The summed E-state index contributed by atoms with van der Waals surface area (Å²) >= 11 is 0. The first-order valence-electron chi connectivity index (χ1n) is 12.6. The second-order valence-corrected chi connectivity index (χ2v) is 9.11. The maximum atomic E-state index is 13.7. The number of aryl methyl sites for hydroxylation is 1. The van der Waals surface area contributed by atoms with E-state index in [4.69, 9.17) is 9.47 Å². The quantitative estimate of drug-likeness (QED) is 0.312. The minimum Gasteiger partial charge on any atom is -0.490 e. The van der Waals surface area contributed by atoms with Crippen molar-refractivity contribution in [2.24, 2.45) is 5.92 Å². The predicted molar refractivity (Wildman–Crippen MR) is 135 cm³/mol. The molecule has 1 saturated heterocycles. The number of esters is 1. The average molecular weight is 478 g/mol. The molecule has 0 bridgehead atoms. The van der Waals surface area contributed by atoms with E-state index in [-0.39, 0.29) is 23.6 Å². The lowest BCUT2D eigenvalue weighted by Crippen LogP contribution is -2.39. The largest absolute Gasteiger partial charge is 0.490 e. The van der Waals surface area contributed by atoms with Crippen molar-refractivity contribution in [3.05, 3.63) is 65.6 Å². The molecule has 0 aliphatic carbocycles. The second-order valence-electron chi connectivity index (χ2n) is 9.11. The number of hydrogen-bond donors (Lipinski definition) is 0. The molecule has 0 spiro atoms. The highest BCUT2D eigenvalue weighted by atomic mass is 16.5. The van der Waals surface area contributed by atoms with Crippen molar-refractivity contribution in [3.63, 3.8) is 0 Å². The summed E-state index contributed by atoms with van der Waals surface area (Å²) in [6.07, 6.45) is 3.85. The van der Waals surface area contributed by atoms with Gasteiger partial charge in [0, 0.05) is 25.1 Å². The first kappa shape index (κ1) is 24.9. The monoisotopic (exact) mass is 477 g/mol. The topological polar surface area (TPSA) is 73.1 Å². The summed E-state index contributed by atoms with van der Waals surface area (Å²) in [5, 5.41) is 0. The lowest BCUT2D eigenvalue weighted by Gasteiger charge is -2.33. The molecule has 0 amide bonds. The Kier molecular flexibility index (Phi) is 8.18. The number of ether oxygens (including phenoxy) is 2. The van der Waals surface area contributed by atoms with Crippen LogP contribution in [-0.2, 0) is 9.53 Å². The zero-order chi connectivity index (χ0) is 24.8. The summed E-state index contributed by atoms with van der Waals surface area (Å²) in [6.45, 7) is 9.05. The van der Waals surface area contributed by atoms with Crippen LogP contribution in [0.3, 0.4) is 0 Å². The molecule has 1 aliphatic rings. The van der Waals surface area contributed by atoms with Crippen LogP contribution in [0, 0.1) is 12.8 Å². The predicted octanol–water partition coefficient (Wildman–Crippen LogP) is 4.67. The van der Waals surface area contributed by atoms with E-state index in [0.29, 0.717) is 42.4 Å². The Hall–Kier alpha value is -3.19. The number of fused-ring (bicyclic) bond motifs is 1.